The molecule has 1 aromatic heterocycles. The third-order valence-electron chi connectivity index (χ3n) is 2.77. The van der Waals surface area contributed by atoms with Crippen LogP contribution in [0.3, 0.4) is 0 Å². The Bertz CT molecular complexity index is 499. The van der Waals surface area contributed by atoms with Gasteiger partial charge in [-0.2, -0.15) is 0 Å². The molecule has 1 saturated heterocycles. The van der Waals surface area contributed by atoms with E-state index in [0.29, 0.717) is 18.1 Å². The maximum absolute atomic E-state index is 11.9. The molecule has 2 rings (SSSR count). The van der Waals surface area contributed by atoms with E-state index >= 15 is 0 Å². The first kappa shape index (κ1) is 13.5. The molecular formula is C14H16N2O3. The zero-order chi connectivity index (χ0) is 13.5. The summed E-state index contributed by atoms with van der Waals surface area (Å²) in [5, 5.41) is 11.3. The molecule has 5 heteroatoms. The van der Waals surface area contributed by atoms with Crippen LogP contribution in [0.25, 0.3) is 0 Å². The van der Waals surface area contributed by atoms with Crippen molar-refractivity contribution in [3.8, 4) is 11.8 Å². The number of hydrogen-bond acceptors (Lipinski definition) is 4. The van der Waals surface area contributed by atoms with Crippen molar-refractivity contribution in [2.24, 2.45) is 0 Å². The molecule has 0 saturated carbocycles. The highest BCUT2D eigenvalue weighted by Crippen LogP contribution is 2.14. The molecule has 1 amide bonds. The maximum atomic E-state index is 11.9. The number of ether oxygens (including phenoxy) is 1. The Morgan fingerprint density at radius 2 is 2.42 bits per heavy atom. The van der Waals surface area contributed by atoms with Gasteiger partial charge in [0.25, 0.3) is 5.91 Å². The minimum Gasteiger partial charge on any atom is -0.384 e. The molecule has 0 aliphatic carbocycles. The second kappa shape index (κ2) is 6.88. The topological polar surface area (TPSA) is 71.5 Å². The molecule has 1 atom stereocenters. The molecule has 0 aromatic carbocycles. The Morgan fingerprint density at radius 1 is 1.53 bits per heavy atom. The predicted molar refractivity (Wildman–Crippen MR) is 70.4 cm³/mol. The number of carbonyl (C=O) groups excluding carboxylic acids is 1. The largest absolute Gasteiger partial charge is 0.384 e. The Hall–Kier alpha value is -1.90. The van der Waals surface area contributed by atoms with Gasteiger partial charge in [0.15, 0.2) is 0 Å². The third kappa shape index (κ3) is 4.05. The van der Waals surface area contributed by atoms with Crippen LogP contribution in [0.15, 0.2) is 18.2 Å². The molecule has 5 nitrogen and oxygen atoms in total. The molecule has 1 aromatic rings. The van der Waals surface area contributed by atoms with Crippen molar-refractivity contribution in [2.75, 3.05) is 18.5 Å². The minimum atomic E-state index is -0.386. The van der Waals surface area contributed by atoms with Gasteiger partial charge < -0.3 is 15.2 Å². The summed E-state index contributed by atoms with van der Waals surface area (Å²) >= 11 is 0. The predicted octanol–water partition coefficient (Wildman–Crippen LogP) is 0.933. The smallest absolute Gasteiger partial charge is 0.254 e. The summed E-state index contributed by atoms with van der Waals surface area (Å²) < 4.78 is 5.41. The lowest BCUT2D eigenvalue weighted by Crippen LogP contribution is -2.33. The lowest BCUT2D eigenvalue weighted by Gasteiger charge is -2.21. The Labute approximate surface area is 112 Å². The number of carbonyl (C=O) groups is 1. The number of rotatable bonds is 2. The number of aliphatic hydroxyl groups is 1. The summed E-state index contributed by atoms with van der Waals surface area (Å²) in [6, 6.07) is 5.17. The number of hydrogen-bond donors (Lipinski definition) is 2. The van der Waals surface area contributed by atoms with Gasteiger partial charge in [0.05, 0.1) is 0 Å². The van der Waals surface area contributed by atoms with Gasteiger partial charge in [-0.25, -0.2) is 4.98 Å². The van der Waals surface area contributed by atoms with E-state index < -0.39 is 0 Å². The van der Waals surface area contributed by atoms with E-state index in [9.17, 15) is 4.79 Å². The minimum absolute atomic E-state index is 0.167. The third-order valence-corrected chi connectivity index (χ3v) is 2.77. The van der Waals surface area contributed by atoms with Gasteiger partial charge in [0, 0.05) is 6.61 Å². The number of aliphatic hydroxyl groups excluding tert-OH is 1. The summed E-state index contributed by atoms with van der Waals surface area (Å²) in [5.41, 5.74) is 0.511. The summed E-state index contributed by atoms with van der Waals surface area (Å²) in [4.78, 5) is 16.1. The monoisotopic (exact) mass is 260 g/mol. The van der Waals surface area contributed by atoms with E-state index in [-0.39, 0.29) is 18.6 Å². The van der Waals surface area contributed by atoms with Crippen molar-refractivity contribution in [1.29, 1.82) is 0 Å². The average Bonchev–Trinajstić information content (AvgIpc) is 2.46. The molecule has 1 unspecified atom stereocenters. The fourth-order valence-electron chi connectivity index (χ4n) is 1.86. The molecule has 1 aliphatic rings. The number of nitrogens with zero attached hydrogens (tertiary/aromatic N) is 1. The van der Waals surface area contributed by atoms with Gasteiger partial charge in [-0.1, -0.05) is 12.0 Å². The van der Waals surface area contributed by atoms with Crippen LogP contribution in [-0.4, -0.2) is 35.3 Å². The van der Waals surface area contributed by atoms with Crippen LogP contribution in [0.1, 0.15) is 25.0 Å². The SMILES string of the molecule is O=C(Nc1cccc(C#CCO)n1)C1CCCCO1. The molecule has 1 aliphatic heterocycles. The van der Waals surface area contributed by atoms with Crippen molar-refractivity contribution in [3.63, 3.8) is 0 Å². The molecule has 0 radical (unpaired) electrons. The molecule has 2 N–H and O–H groups in total. The molecule has 2 heterocycles. The average molecular weight is 260 g/mol. The van der Waals surface area contributed by atoms with Crippen LogP contribution in [0.5, 0.6) is 0 Å². The molecule has 100 valence electrons. The van der Waals surface area contributed by atoms with Crippen molar-refractivity contribution in [2.45, 2.75) is 25.4 Å². The van der Waals surface area contributed by atoms with E-state index in [4.69, 9.17) is 9.84 Å². The quantitative estimate of drug-likeness (QED) is 0.776. The van der Waals surface area contributed by atoms with Crippen molar-refractivity contribution in [3.05, 3.63) is 23.9 Å². The van der Waals surface area contributed by atoms with Crippen LogP contribution < -0.4 is 5.32 Å². The van der Waals surface area contributed by atoms with Crippen molar-refractivity contribution in [1.82, 2.24) is 4.98 Å². The van der Waals surface area contributed by atoms with Gasteiger partial charge in [0.2, 0.25) is 0 Å². The van der Waals surface area contributed by atoms with E-state index in [1.165, 1.54) is 0 Å². The van der Waals surface area contributed by atoms with Crippen LogP contribution >= 0.6 is 0 Å². The molecule has 1 fully saturated rings. The maximum Gasteiger partial charge on any atom is 0.254 e. The Kier molecular flexibility index (Phi) is 4.90. The highest BCUT2D eigenvalue weighted by molar-refractivity contribution is 5.93. The van der Waals surface area contributed by atoms with Crippen molar-refractivity contribution < 1.29 is 14.6 Å². The fraction of sp³-hybridized carbons (Fsp3) is 0.429. The second-order valence-corrected chi connectivity index (χ2v) is 4.21. The van der Waals surface area contributed by atoms with E-state index in [1.54, 1.807) is 18.2 Å². The first-order valence-electron chi connectivity index (χ1n) is 6.29. The summed E-state index contributed by atoms with van der Waals surface area (Å²) in [5.74, 6) is 5.49. The van der Waals surface area contributed by atoms with E-state index in [0.717, 1.165) is 19.3 Å². The Balaban J connectivity index is 1.99. The standard InChI is InChI=1S/C14H16N2O3/c17-9-4-6-11-5-3-8-13(15-11)16-14(18)12-7-1-2-10-19-12/h3,5,8,12,17H,1-2,7,9-10H2,(H,15,16,18). The first-order chi connectivity index (χ1) is 9.29. The van der Waals surface area contributed by atoms with Gasteiger partial charge >= 0.3 is 0 Å². The number of nitrogens with one attached hydrogen (secondary N) is 1. The summed E-state index contributed by atoms with van der Waals surface area (Å²) in [7, 11) is 0. The number of pyridine rings is 1. The molecule has 0 spiro atoms. The molecular weight excluding hydrogens is 244 g/mol. The first-order valence-corrected chi connectivity index (χ1v) is 6.29. The highest BCUT2D eigenvalue weighted by atomic mass is 16.5. The van der Waals surface area contributed by atoms with Gasteiger partial charge in [0.1, 0.15) is 24.2 Å². The zero-order valence-corrected chi connectivity index (χ0v) is 10.6. The number of amides is 1. The second-order valence-electron chi connectivity index (χ2n) is 4.21. The van der Waals surface area contributed by atoms with E-state index in [2.05, 4.69) is 22.1 Å². The Morgan fingerprint density at radius 3 is 3.16 bits per heavy atom. The zero-order valence-electron chi connectivity index (χ0n) is 10.6. The van der Waals surface area contributed by atoms with Crippen LogP contribution in [0.4, 0.5) is 5.82 Å². The summed E-state index contributed by atoms with van der Waals surface area (Å²) in [6.45, 7) is 0.418. The number of anilines is 1. The van der Waals surface area contributed by atoms with E-state index in [1.807, 2.05) is 0 Å². The van der Waals surface area contributed by atoms with Gasteiger partial charge in [-0.15, -0.1) is 0 Å². The van der Waals surface area contributed by atoms with Crippen LogP contribution in [0, 0.1) is 11.8 Å². The lowest BCUT2D eigenvalue weighted by atomic mass is 10.1. The van der Waals surface area contributed by atoms with Crippen LogP contribution in [0.2, 0.25) is 0 Å². The normalized spacial score (nSPS) is 18.3. The molecule has 0 bridgehead atoms. The highest BCUT2D eigenvalue weighted by Gasteiger charge is 2.22. The fourth-order valence-corrected chi connectivity index (χ4v) is 1.86. The molecule has 19 heavy (non-hydrogen) atoms. The lowest BCUT2D eigenvalue weighted by molar-refractivity contribution is -0.130. The van der Waals surface area contributed by atoms with Crippen molar-refractivity contribution >= 4 is 11.7 Å². The summed E-state index contributed by atoms with van der Waals surface area (Å²) in [6.07, 6.45) is 2.38. The van der Waals surface area contributed by atoms with Gasteiger partial charge in [-0.3, -0.25) is 4.79 Å². The van der Waals surface area contributed by atoms with Crippen LogP contribution in [-0.2, 0) is 9.53 Å². The van der Waals surface area contributed by atoms with Gasteiger partial charge in [-0.05, 0) is 37.3 Å². The number of aromatic nitrogens is 1.